The number of anilines is 1. The van der Waals surface area contributed by atoms with Crippen LogP contribution in [0.4, 0.5) is 5.69 Å². The largest absolute Gasteiger partial charge is 0.311 e. The number of hydrogen-bond donors (Lipinski definition) is 2. The molecule has 0 aromatic heterocycles. The molecule has 10 heteroatoms. The summed E-state index contributed by atoms with van der Waals surface area (Å²) in [7, 11) is -7.60. The fraction of sp³-hybridized carbons (Fsp3) is 0.296. The van der Waals surface area contributed by atoms with Crippen LogP contribution in [0.2, 0.25) is 0 Å². The Kier molecular flexibility index (Phi) is 7.57. The van der Waals surface area contributed by atoms with Gasteiger partial charge in [0.05, 0.1) is 9.79 Å². The lowest BCUT2D eigenvalue weighted by Gasteiger charge is -2.32. The number of hydrogen-bond acceptors (Lipinski definition) is 5. The molecule has 1 atom stereocenters. The summed E-state index contributed by atoms with van der Waals surface area (Å²) in [6.07, 6.45) is 1.04. The van der Waals surface area contributed by atoms with E-state index in [0.29, 0.717) is 36.2 Å². The highest BCUT2D eigenvalue weighted by atomic mass is 32.2. The van der Waals surface area contributed by atoms with Crippen LogP contribution < -0.4 is 14.3 Å². The van der Waals surface area contributed by atoms with Crippen molar-refractivity contribution < 1.29 is 21.6 Å². The van der Waals surface area contributed by atoms with E-state index in [1.807, 2.05) is 0 Å². The second kappa shape index (κ2) is 10.4. The van der Waals surface area contributed by atoms with Crippen LogP contribution in [0.15, 0.2) is 88.7 Å². The van der Waals surface area contributed by atoms with E-state index < -0.39 is 31.6 Å². The SMILES string of the molecule is CC(C)(C)NS(=O)(=O)c1ccccc1-c1ccc(N2CCCC(NS(=O)(=O)c3ccccc3)C2=O)cc1. The van der Waals surface area contributed by atoms with Crippen LogP contribution in [0.25, 0.3) is 11.1 Å². The Morgan fingerprint density at radius 3 is 2.08 bits per heavy atom. The van der Waals surface area contributed by atoms with Crippen molar-refractivity contribution in [3.05, 3.63) is 78.9 Å². The average molecular weight is 542 g/mol. The molecule has 1 saturated heterocycles. The predicted octanol–water partition coefficient (Wildman–Crippen LogP) is 3.90. The molecule has 1 heterocycles. The van der Waals surface area contributed by atoms with Crippen molar-refractivity contribution >= 4 is 31.6 Å². The molecular weight excluding hydrogens is 510 g/mol. The first-order valence-electron chi connectivity index (χ1n) is 12.0. The van der Waals surface area contributed by atoms with Gasteiger partial charge in [0.1, 0.15) is 6.04 Å². The van der Waals surface area contributed by atoms with Gasteiger partial charge in [-0.15, -0.1) is 0 Å². The van der Waals surface area contributed by atoms with Crippen molar-refractivity contribution in [1.82, 2.24) is 9.44 Å². The van der Waals surface area contributed by atoms with Crippen LogP contribution in [0.3, 0.4) is 0 Å². The minimum atomic E-state index is -3.83. The van der Waals surface area contributed by atoms with E-state index in [0.717, 1.165) is 0 Å². The molecule has 0 radical (unpaired) electrons. The van der Waals surface area contributed by atoms with Crippen LogP contribution in [0.1, 0.15) is 33.6 Å². The highest BCUT2D eigenvalue weighted by Gasteiger charge is 2.33. The summed E-state index contributed by atoms with van der Waals surface area (Å²) in [5, 5.41) is 0. The first-order chi connectivity index (χ1) is 17.4. The Bertz CT molecular complexity index is 1480. The van der Waals surface area contributed by atoms with Crippen molar-refractivity contribution in [3.63, 3.8) is 0 Å². The molecule has 0 saturated carbocycles. The summed E-state index contributed by atoms with van der Waals surface area (Å²) in [6.45, 7) is 5.81. The third-order valence-corrected chi connectivity index (χ3v) is 9.20. The topological polar surface area (TPSA) is 113 Å². The van der Waals surface area contributed by atoms with Crippen molar-refractivity contribution in [2.75, 3.05) is 11.4 Å². The van der Waals surface area contributed by atoms with Gasteiger partial charge in [-0.05, 0) is 69.5 Å². The third kappa shape index (κ3) is 6.27. The number of benzene rings is 3. The van der Waals surface area contributed by atoms with Gasteiger partial charge in [-0.3, -0.25) is 4.79 Å². The molecule has 2 N–H and O–H groups in total. The van der Waals surface area contributed by atoms with Gasteiger partial charge in [-0.25, -0.2) is 21.6 Å². The molecule has 0 aliphatic carbocycles. The molecule has 1 unspecified atom stereocenters. The van der Waals surface area contributed by atoms with Crippen molar-refractivity contribution in [3.8, 4) is 11.1 Å². The summed E-state index contributed by atoms with van der Waals surface area (Å²) >= 11 is 0. The quantitative estimate of drug-likeness (QED) is 0.471. The Labute approximate surface area is 218 Å². The van der Waals surface area contributed by atoms with E-state index in [1.165, 1.54) is 12.1 Å². The van der Waals surface area contributed by atoms with Gasteiger partial charge < -0.3 is 4.90 Å². The Morgan fingerprint density at radius 2 is 1.43 bits per heavy atom. The zero-order valence-corrected chi connectivity index (χ0v) is 22.6. The number of amides is 1. The van der Waals surface area contributed by atoms with E-state index >= 15 is 0 Å². The van der Waals surface area contributed by atoms with Crippen LogP contribution >= 0.6 is 0 Å². The minimum absolute atomic E-state index is 0.110. The Morgan fingerprint density at radius 1 is 0.811 bits per heavy atom. The second-order valence-electron chi connectivity index (χ2n) is 10.0. The zero-order chi connectivity index (χ0) is 26.8. The van der Waals surface area contributed by atoms with Gasteiger partial charge in [0, 0.05) is 23.3 Å². The van der Waals surface area contributed by atoms with Crippen LogP contribution in [-0.2, 0) is 24.8 Å². The monoisotopic (exact) mass is 541 g/mol. The highest BCUT2D eigenvalue weighted by Crippen LogP contribution is 2.31. The second-order valence-corrected chi connectivity index (χ2v) is 13.4. The number of piperidine rings is 1. The molecule has 37 heavy (non-hydrogen) atoms. The molecule has 1 aliphatic rings. The summed E-state index contributed by atoms with van der Waals surface area (Å²) in [5.74, 6) is -0.323. The highest BCUT2D eigenvalue weighted by molar-refractivity contribution is 7.90. The van der Waals surface area contributed by atoms with Crippen molar-refractivity contribution in [2.24, 2.45) is 0 Å². The smallest absolute Gasteiger partial charge is 0.245 e. The number of sulfonamides is 2. The lowest BCUT2D eigenvalue weighted by Crippen LogP contribution is -2.52. The first kappa shape index (κ1) is 27.0. The lowest BCUT2D eigenvalue weighted by molar-refractivity contribution is -0.121. The fourth-order valence-corrected chi connectivity index (χ4v) is 7.21. The first-order valence-corrected chi connectivity index (χ1v) is 15.0. The predicted molar refractivity (Wildman–Crippen MR) is 144 cm³/mol. The summed E-state index contributed by atoms with van der Waals surface area (Å²) in [6, 6.07) is 20.9. The normalized spacial score (nSPS) is 17.1. The average Bonchev–Trinajstić information content (AvgIpc) is 2.84. The molecule has 1 fully saturated rings. The standard InChI is InChI=1S/C27H31N3O5S2/c1-27(2,3)29-37(34,35)25-14-8-7-12-23(25)20-15-17-21(18-16-20)30-19-9-13-24(26(30)31)28-36(32,33)22-10-5-4-6-11-22/h4-8,10-12,14-18,24,28-29H,9,13,19H2,1-3H3. The minimum Gasteiger partial charge on any atom is -0.311 e. The van der Waals surface area contributed by atoms with Crippen LogP contribution in [-0.4, -0.2) is 40.9 Å². The zero-order valence-electron chi connectivity index (χ0n) is 21.0. The van der Waals surface area contributed by atoms with Gasteiger partial charge in [-0.1, -0.05) is 48.5 Å². The van der Waals surface area contributed by atoms with Crippen LogP contribution in [0.5, 0.6) is 0 Å². The van der Waals surface area contributed by atoms with Crippen molar-refractivity contribution in [1.29, 1.82) is 0 Å². The maximum Gasteiger partial charge on any atom is 0.245 e. The summed E-state index contributed by atoms with van der Waals surface area (Å²) in [4.78, 5) is 15.1. The molecule has 3 aromatic rings. The number of nitrogens with zero attached hydrogens (tertiary/aromatic N) is 1. The summed E-state index contributed by atoms with van der Waals surface area (Å²) in [5.41, 5.74) is 1.21. The fourth-order valence-electron chi connectivity index (χ4n) is 4.31. The number of nitrogens with one attached hydrogen (secondary N) is 2. The lowest BCUT2D eigenvalue weighted by atomic mass is 10.0. The molecule has 4 rings (SSSR count). The van der Waals surface area contributed by atoms with Gasteiger partial charge in [0.25, 0.3) is 0 Å². The number of rotatable bonds is 7. The molecule has 1 aliphatic heterocycles. The van der Waals surface area contributed by atoms with Gasteiger partial charge in [0.2, 0.25) is 26.0 Å². The summed E-state index contributed by atoms with van der Waals surface area (Å²) < 4.78 is 56.8. The van der Waals surface area contributed by atoms with E-state index in [9.17, 15) is 21.6 Å². The van der Waals surface area contributed by atoms with Gasteiger partial charge in [0.15, 0.2) is 0 Å². The van der Waals surface area contributed by atoms with Crippen molar-refractivity contribution in [2.45, 2.75) is 55.0 Å². The molecule has 0 spiro atoms. The molecule has 196 valence electrons. The van der Waals surface area contributed by atoms with Gasteiger partial charge in [-0.2, -0.15) is 4.72 Å². The molecule has 3 aromatic carbocycles. The maximum atomic E-state index is 13.2. The number of carbonyl (C=O) groups excluding carboxylic acids is 1. The Hall–Kier alpha value is -3.05. The molecule has 1 amide bonds. The van der Waals surface area contributed by atoms with Gasteiger partial charge >= 0.3 is 0 Å². The van der Waals surface area contributed by atoms with E-state index in [4.69, 9.17) is 0 Å². The Balaban J connectivity index is 1.56. The molecular formula is C27H31N3O5S2. The molecule has 8 nitrogen and oxygen atoms in total. The number of carbonyl (C=O) groups is 1. The van der Waals surface area contributed by atoms with Crippen LogP contribution in [0, 0.1) is 0 Å². The third-order valence-electron chi connectivity index (χ3n) is 5.90. The maximum absolute atomic E-state index is 13.2. The van der Waals surface area contributed by atoms with E-state index in [1.54, 1.807) is 92.4 Å². The van der Waals surface area contributed by atoms with E-state index in [-0.39, 0.29) is 15.7 Å². The molecule has 0 bridgehead atoms. The van der Waals surface area contributed by atoms with E-state index in [2.05, 4.69) is 9.44 Å².